The van der Waals surface area contributed by atoms with Crippen LogP contribution in [-0.2, 0) is 22.6 Å². The number of aromatic nitrogens is 4. The summed E-state index contributed by atoms with van der Waals surface area (Å²) in [6.45, 7) is 8.10. The van der Waals surface area contributed by atoms with Crippen LogP contribution in [0.3, 0.4) is 0 Å². The number of rotatable bonds is 9. The largest absolute Gasteiger partial charge is 0.482 e. The van der Waals surface area contributed by atoms with Crippen molar-refractivity contribution in [1.82, 2.24) is 19.1 Å². The Morgan fingerprint density at radius 3 is 2.32 bits per heavy atom. The van der Waals surface area contributed by atoms with E-state index >= 15 is 0 Å². The molecule has 0 bridgehead atoms. The summed E-state index contributed by atoms with van der Waals surface area (Å²) >= 11 is 0. The number of imidazole rings is 1. The summed E-state index contributed by atoms with van der Waals surface area (Å²) in [5.41, 5.74) is 0.697. The SMILES string of the molecule is CCCn1c(=O)c2[nH]c(-c3ccc(OCC(=O)OC(C)C)cc3)nc2n(CCC)c1=O. The number of ether oxygens (including phenoxy) is 2. The van der Waals surface area contributed by atoms with Gasteiger partial charge in [0.05, 0.1) is 6.10 Å². The van der Waals surface area contributed by atoms with Gasteiger partial charge >= 0.3 is 11.7 Å². The van der Waals surface area contributed by atoms with Crippen LogP contribution in [0.15, 0.2) is 33.9 Å². The molecule has 3 aromatic rings. The molecule has 9 nitrogen and oxygen atoms in total. The van der Waals surface area contributed by atoms with Crippen LogP contribution in [0.1, 0.15) is 40.5 Å². The van der Waals surface area contributed by atoms with Crippen molar-refractivity contribution >= 4 is 17.1 Å². The van der Waals surface area contributed by atoms with Crippen molar-refractivity contribution in [1.29, 1.82) is 0 Å². The van der Waals surface area contributed by atoms with Gasteiger partial charge in [0, 0.05) is 18.7 Å². The van der Waals surface area contributed by atoms with E-state index in [4.69, 9.17) is 9.47 Å². The molecule has 0 saturated heterocycles. The molecule has 0 radical (unpaired) electrons. The normalized spacial score (nSPS) is 11.3. The summed E-state index contributed by atoms with van der Waals surface area (Å²) in [6, 6.07) is 6.96. The highest BCUT2D eigenvalue weighted by Gasteiger charge is 2.17. The number of aryl methyl sites for hydroxylation is 1. The van der Waals surface area contributed by atoms with Crippen molar-refractivity contribution in [2.45, 2.75) is 59.7 Å². The lowest BCUT2D eigenvalue weighted by Crippen LogP contribution is -2.40. The number of carbonyl (C=O) groups is 1. The van der Waals surface area contributed by atoms with E-state index in [1.807, 2.05) is 13.8 Å². The molecule has 0 atom stereocenters. The summed E-state index contributed by atoms with van der Waals surface area (Å²) in [5.74, 6) is 0.554. The van der Waals surface area contributed by atoms with Crippen molar-refractivity contribution in [3.8, 4) is 17.1 Å². The average molecular weight is 428 g/mol. The van der Waals surface area contributed by atoms with Crippen molar-refractivity contribution < 1.29 is 14.3 Å². The van der Waals surface area contributed by atoms with Crippen LogP contribution in [0.2, 0.25) is 0 Å². The molecule has 31 heavy (non-hydrogen) atoms. The number of fused-ring (bicyclic) bond motifs is 1. The second-order valence-electron chi connectivity index (χ2n) is 7.53. The van der Waals surface area contributed by atoms with E-state index < -0.39 is 5.97 Å². The van der Waals surface area contributed by atoms with Gasteiger partial charge in [-0.2, -0.15) is 0 Å². The molecular weight excluding hydrogens is 400 g/mol. The van der Waals surface area contributed by atoms with Crippen LogP contribution < -0.4 is 16.0 Å². The zero-order valence-corrected chi connectivity index (χ0v) is 18.3. The number of esters is 1. The molecule has 0 aliphatic carbocycles. The first-order chi connectivity index (χ1) is 14.8. The Morgan fingerprint density at radius 2 is 1.71 bits per heavy atom. The molecule has 3 rings (SSSR count). The van der Waals surface area contributed by atoms with Gasteiger partial charge in [-0.1, -0.05) is 13.8 Å². The van der Waals surface area contributed by atoms with E-state index in [9.17, 15) is 14.4 Å². The maximum atomic E-state index is 12.8. The molecule has 2 heterocycles. The summed E-state index contributed by atoms with van der Waals surface area (Å²) in [7, 11) is 0. The highest BCUT2D eigenvalue weighted by Crippen LogP contribution is 2.22. The minimum Gasteiger partial charge on any atom is -0.482 e. The molecule has 0 spiro atoms. The topological polar surface area (TPSA) is 108 Å². The van der Waals surface area contributed by atoms with Crippen LogP contribution in [-0.4, -0.2) is 37.8 Å². The van der Waals surface area contributed by atoms with Gasteiger partial charge in [0.1, 0.15) is 17.1 Å². The maximum absolute atomic E-state index is 12.8. The predicted octanol–water partition coefficient (Wildman–Crippen LogP) is 2.70. The van der Waals surface area contributed by atoms with Gasteiger partial charge in [0.2, 0.25) is 0 Å². The van der Waals surface area contributed by atoms with Crippen LogP contribution in [0, 0.1) is 0 Å². The van der Waals surface area contributed by atoms with Crippen molar-refractivity contribution in [3.63, 3.8) is 0 Å². The number of hydrogen-bond acceptors (Lipinski definition) is 6. The fraction of sp³-hybridized carbons (Fsp3) is 0.455. The fourth-order valence-electron chi connectivity index (χ4n) is 3.30. The number of H-pyrrole nitrogens is 1. The molecule has 166 valence electrons. The van der Waals surface area contributed by atoms with Crippen LogP contribution in [0.4, 0.5) is 0 Å². The van der Waals surface area contributed by atoms with E-state index in [1.165, 1.54) is 4.57 Å². The average Bonchev–Trinajstić information content (AvgIpc) is 3.18. The van der Waals surface area contributed by atoms with Gasteiger partial charge in [-0.05, 0) is 51.0 Å². The third-order valence-corrected chi connectivity index (χ3v) is 4.61. The van der Waals surface area contributed by atoms with Crippen LogP contribution in [0.25, 0.3) is 22.6 Å². The Hall–Kier alpha value is -3.36. The fourth-order valence-corrected chi connectivity index (χ4v) is 3.30. The second-order valence-corrected chi connectivity index (χ2v) is 7.53. The third-order valence-electron chi connectivity index (χ3n) is 4.61. The lowest BCUT2D eigenvalue weighted by Gasteiger charge is -2.09. The van der Waals surface area contributed by atoms with Crippen molar-refractivity contribution in [2.75, 3.05) is 6.61 Å². The summed E-state index contributed by atoms with van der Waals surface area (Å²) in [5, 5.41) is 0. The van der Waals surface area contributed by atoms with E-state index in [2.05, 4.69) is 9.97 Å². The van der Waals surface area contributed by atoms with E-state index in [-0.39, 0.29) is 24.0 Å². The van der Waals surface area contributed by atoms with Gasteiger partial charge in [0.25, 0.3) is 5.56 Å². The molecule has 0 saturated carbocycles. The number of nitrogens with zero attached hydrogens (tertiary/aromatic N) is 3. The van der Waals surface area contributed by atoms with Crippen LogP contribution >= 0.6 is 0 Å². The molecule has 1 N–H and O–H groups in total. The predicted molar refractivity (Wildman–Crippen MR) is 117 cm³/mol. The second kappa shape index (κ2) is 9.63. The Bertz CT molecular complexity index is 1170. The number of hydrogen-bond donors (Lipinski definition) is 1. The summed E-state index contributed by atoms with van der Waals surface area (Å²) < 4.78 is 13.3. The van der Waals surface area contributed by atoms with Gasteiger partial charge < -0.3 is 14.5 Å². The van der Waals surface area contributed by atoms with Gasteiger partial charge in [-0.3, -0.25) is 13.9 Å². The highest BCUT2D eigenvalue weighted by atomic mass is 16.6. The van der Waals surface area contributed by atoms with E-state index in [1.54, 1.807) is 42.7 Å². The van der Waals surface area contributed by atoms with Gasteiger partial charge in [-0.25, -0.2) is 14.6 Å². The molecule has 0 unspecified atom stereocenters. The minimum absolute atomic E-state index is 0.178. The molecule has 0 fully saturated rings. The molecule has 2 aromatic heterocycles. The molecular formula is C22H28N4O5. The summed E-state index contributed by atoms with van der Waals surface area (Å²) in [6.07, 6.45) is 1.23. The van der Waals surface area contributed by atoms with E-state index in [0.717, 1.165) is 12.0 Å². The van der Waals surface area contributed by atoms with Crippen LogP contribution in [0.5, 0.6) is 5.75 Å². The number of aromatic amines is 1. The quantitative estimate of drug-likeness (QED) is 0.525. The third kappa shape index (κ3) is 4.87. The monoisotopic (exact) mass is 428 g/mol. The molecule has 0 amide bonds. The smallest absolute Gasteiger partial charge is 0.344 e. The number of benzene rings is 1. The maximum Gasteiger partial charge on any atom is 0.344 e. The van der Waals surface area contributed by atoms with Gasteiger partial charge in [-0.15, -0.1) is 0 Å². The first kappa shape index (κ1) is 22.3. The van der Waals surface area contributed by atoms with E-state index in [0.29, 0.717) is 42.2 Å². The Balaban J connectivity index is 1.92. The van der Waals surface area contributed by atoms with Crippen molar-refractivity contribution in [2.24, 2.45) is 0 Å². The Kier molecular flexibility index (Phi) is 6.94. The first-order valence-corrected chi connectivity index (χ1v) is 10.5. The first-order valence-electron chi connectivity index (χ1n) is 10.5. The van der Waals surface area contributed by atoms with Gasteiger partial charge in [0.15, 0.2) is 12.3 Å². The standard InChI is InChI=1S/C22H28N4O5/c1-5-11-25-20-18(21(28)26(12-6-2)22(25)29)23-19(24-20)15-7-9-16(10-8-15)30-13-17(27)31-14(3)4/h7-10,14H,5-6,11-13H2,1-4H3,(H,23,24). The lowest BCUT2D eigenvalue weighted by molar-refractivity contribution is -0.149. The highest BCUT2D eigenvalue weighted by molar-refractivity contribution is 5.75. The van der Waals surface area contributed by atoms with Crippen molar-refractivity contribution in [3.05, 3.63) is 45.1 Å². The summed E-state index contributed by atoms with van der Waals surface area (Å²) in [4.78, 5) is 44.8. The number of carbonyl (C=O) groups excluding carboxylic acids is 1. The Labute approximate surface area is 179 Å². The zero-order valence-electron chi connectivity index (χ0n) is 18.3. The molecule has 9 heteroatoms. The molecule has 0 aliphatic rings. The minimum atomic E-state index is -0.436. The molecule has 1 aromatic carbocycles. The lowest BCUT2D eigenvalue weighted by atomic mass is 10.2. The zero-order chi connectivity index (χ0) is 22.5. The Morgan fingerprint density at radius 1 is 1.06 bits per heavy atom. The molecule has 0 aliphatic heterocycles. The number of nitrogens with one attached hydrogen (secondary N) is 1.